The molecule has 1 aliphatic heterocycles. The third kappa shape index (κ3) is 27.9. The van der Waals surface area contributed by atoms with Crippen molar-refractivity contribution in [2.75, 3.05) is 131 Å². The van der Waals surface area contributed by atoms with Crippen molar-refractivity contribution in [1.82, 2.24) is 10.6 Å². The van der Waals surface area contributed by atoms with Crippen LogP contribution in [0.15, 0.2) is 91.0 Å². The molecule has 2 aliphatic rings. The molecule has 0 aromatic heterocycles. The lowest BCUT2D eigenvalue weighted by Gasteiger charge is -2.44. The second kappa shape index (κ2) is 43.4. The summed E-state index contributed by atoms with van der Waals surface area (Å²) in [4.78, 5) is 115. The zero-order valence-corrected chi connectivity index (χ0v) is 55.4. The van der Waals surface area contributed by atoms with Crippen LogP contribution in [0.1, 0.15) is 76.0 Å². The molecule has 1 saturated heterocycles. The second-order valence-electron chi connectivity index (χ2n) is 21.8. The van der Waals surface area contributed by atoms with Crippen LogP contribution < -0.4 is 25.4 Å². The molecule has 1 heterocycles. The smallest absolute Gasteiger partial charge is 0.463 e. The fraction of sp³-hybridized carbons (Fsp3) is 0.522. The Labute approximate surface area is 566 Å². The van der Waals surface area contributed by atoms with Gasteiger partial charge in [-0.2, -0.15) is 0 Å². The molecule has 6 rings (SSSR count). The number of ether oxygens (including phenoxy) is 17. The van der Waals surface area contributed by atoms with Gasteiger partial charge in [0.25, 0.3) is 5.69 Å². The van der Waals surface area contributed by atoms with E-state index in [9.17, 15) is 48.5 Å². The van der Waals surface area contributed by atoms with Crippen LogP contribution in [0.25, 0.3) is 11.1 Å². The molecule has 5 unspecified atom stereocenters. The molecule has 4 aromatic rings. The summed E-state index contributed by atoms with van der Waals surface area (Å²) in [7, 11) is 1.61. The van der Waals surface area contributed by atoms with Crippen molar-refractivity contribution in [3.8, 4) is 22.6 Å². The van der Waals surface area contributed by atoms with Gasteiger partial charge >= 0.3 is 36.1 Å². The number of nitro benzene ring substituents is 1. The van der Waals surface area contributed by atoms with Gasteiger partial charge in [0.1, 0.15) is 43.5 Å². The molecule has 3 N–H and O–H groups in total. The first-order chi connectivity index (χ1) is 47.4. The molecule has 0 spiro atoms. The van der Waals surface area contributed by atoms with Crippen molar-refractivity contribution >= 4 is 59.3 Å². The Morgan fingerprint density at radius 2 is 1.10 bits per heavy atom. The number of methoxy groups -OCH3 is 1. The van der Waals surface area contributed by atoms with Crippen LogP contribution in [-0.4, -0.2) is 216 Å². The van der Waals surface area contributed by atoms with E-state index in [4.69, 9.17) is 80.5 Å². The van der Waals surface area contributed by atoms with E-state index in [-0.39, 0.29) is 93.2 Å². The lowest BCUT2D eigenvalue weighted by atomic mass is 9.98. The van der Waals surface area contributed by atoms with Gasteiger partial charge in [-0.25, -0.2) is 9.59 Å². The SMILES string of the molecule is COCCOCCOCCOCCOCCOCCOCCOCCC(=O)N[C@@H](CCCCNC(=O)OCC1c2ccccc2-c2ccccc21)C(=O)Nc1cc(COC(=O)Oc2ccc([N+](=O)[O-])cc2)ccc1OC1OC(COC(C)=O)C(OC(C)=O)C(OC(C)=O)C1OC(C)=O. The number of fused-ring (bicyclic) bond motifs is 3. The molecule has 98 heavy (non-hydrogen) atoms. The summed E-state index contributed by atoms with van der Waals surface area (Å²) in [5.41, 5.74) is 3.99. The molecule has 31 heteroatoms. The topological polar surface area (TPSA) is 373 Å². The van der Waals surface area contributed by atoms with E-state index in [1.807, 2.05) is 48.5 Å². The number of nitrogens with zero attached hydrogens (tertiary/aromatic N) is 1. The van der Waals surface area contributed by atoms with E-state index in [1.165, 1.54) is 30.3 Å². The number of unbranched alkanes of at least 4 members (excludes halogenated alkanes) is 1. The van der Waals surface area contributed by atoms with Crippen molar-refractivity contribution in [2.24, 2.45) is 0 Å². The van der Waals surface area contributed by atoms with Crippen molar-refractivity contribution in [1.29, 1.82) is 0 Å². The average molecular weight is 1380 g/mol. The second-order valence-corrected chi connectivity index (χ2v) is 21.8. The summed E-state index contributed by atoms with van der Waals surface area (Å²) in [6.45, 7) is 8.53. The molecule has 1 fully saturated rings. The van der Waals surface area contributed by atoms with Gasteiger partial charge < -0.3 is 96.5 Å². The standard InChI is InChI=1S/C67H86N4O27/c1-44(72)90-43-59-61(93-45(2)73)62(94-46(3)74)63(95-47(4)75)65(98-59)97-58-22-17-48(41-92-67(79)96-50-20-18-49(19-21-50)71(80)81)40-57(58)70-64(77)56(16-10-11-24-68-66(78)91-42-55-53-14-8-6-12-51(53)52-13-7-9-15-54(52)55)69-60(76)23-25-83-28-29-85-32-33-87-36-37-89-39-38-88-35-34-86-31-30-84-27-26-82-5/h6-9,12-15,17-22,40,55-56,59,61-63,65H,10-11,16,23-39,41-43H2,1-5H3,(H,68,78)(H,69,76)(H,70,77)/t56-,59?,61?,62?,63?,65?/m0/s1. The highest BCUT2D eigenvalue weighted by atomic mass is 16.7. The number of nitrogens with one attached hydrogen (secondary N) is 3. The van der Waals surface area contributed by atoms with Crippen molar-refractivity contribution < 1.29 is 124 Å². The third-order valence-electron chi connectivity index (χ3n) is 14.4. The monoisotopic (exact) mass is 1380 g/mol. The summed E-state index contributed by atoms with van der Waals surface area (Å²) in [5, 5.41) is 19.5. The lowest BCUT2D eigenvalue weighted by Crippen LogP contribution is -2.63. The van der Waals surface area contributed by atoms with Crippen LogP contribution in [0.4, 0.5) is 21.0 Å². The number of alkyl carbamates (subject to hydrolysis) is 1. The number of carbonyl (C=O) groups excluding carboxylic acids is 8. The maximum atomic E-state index is 14.8. The minimum absolute atomic E-state index is 0.00212. The minimum Gasteiger partial charge on any atom is -0.463 e. The first kappa shape index (κ1) is 78.1. The quantitative estimate of drug-likeness (QED) is 0.0113. The highest BCUT2D eigenvalue weighted by Gasteiger charge is 2.53. The van der Waals surface area contributed by atoms with Gasteiger partial charge in [0, 0.05) is 65.8 Å². The summed E-state index contributed by atoms with van der Waals surface area (Å²) < 4.78 is 94.3. The van der Waals surface area contributed by atoms with Gasteiger partial charge in [0.15, 0.2) is 12.2 Å². The van der Waals surface area contributed by atoms with Crippen molar-refractivity contribution in [2.45, 2.75) is 103 Å². The summed E-state index contributed by atoms with van der Waals surface area (Å²) in [6, 6.07) is 23.2. The van der Waals surface area contributed by atoms with Gasteiger partial charge in [-0.3, -0.25) is 38.9 Å². The van der Waals surface area contributed by atoms with E-state index < -0.39 is 103 Å². The number of rotatable bonds is 45. The van der Waals surface area contributed by atoms with Crippen LogP contribution >= 0.6 is 0 Å². The predicted molar refractivity (Wildman–Crippen MR) is 343 cm³/mol. The number of amides is 3. The van der Waals surface area contributed by atoms with Gasteiger partial charge in [-0.1, -0.05) is 54.6 Å². The minimum atomic E-state index is -1.79. The molecular formula is C67H86N4O27. The van der Waals surface area contributed by atoms with E-state index in [2.05, 4.69) is 16.0 Å². The van der Waals surface area contributed by atoms with Crippen LogP contribution in [0.5, 0.6) is 11.5 Å². The number of carbonyl (C=O) groups is 8. The van der Waals surface area contributed by atoms with Crippen LogP contribution in [0.3, 0.4) is 0 Å². The largest absolute Gasteiger partial charge is 0.514 e. The molecule has 0 radical (unpaired) electrons. The normalized spacial score (nSPS) is 16.4. The highest BCUT2D eigenvalue weighted by molar-refractivity contribution is 5.98. The van der Waals surface area contributed by atoms with Gasteiger partial charge in [-0.05, 0) is 71.3 Å². The molecule has 1 aliphatic carbocycles. The Morgan fingerprint density at radius 1 is 0.571 bits per heavy atom. The maximum absolute atomic E-state index is 14.8. The number of benzene rings is 4. The number of hydrogen-bond acceptors (Lipinski definition) is 27. The number of esters is 4. The molecule has 4 aromatic carbocycles. The Bertz CT molecular complexity index is 3140. The summed E-state index contributed by atoms with van der Waals surface area (Å²) in [6.07, 6.45) is -9.61. The molecule has 31 nitrogen and oxygen atoms in total. The zero-order valence-electron chi connectivity index (χ0n) is 55.4. The van der Waals surface area contributed by atoms with E-state index in [0.717, 1.165) is 62.1 Å². The van der Waals surface area contributed by atoms with Crippen LogP contribution in [0.2, 0.25) is 0 Å². The van der Waals surface area contributed by atoms with Crippen molar-refractivity contribution in [3.05, 3.63) is 118 Å². The third-order valence-corrected chi connectivity index (χ3v) is 14.4. The molecular weight excluding hydrogens is 1290 g/mol. The first-order valence-electron chi connectivity index (χ1n) is 31.8. The first-order valence-corrected chi connectivity index (χ1v) is 31.8. The van der Waals surface area contributed by atoms with Crippen LogP contribution in [0, 0.1) is 10.1 Å². The predicted octanol–water partition coefficient (Wildman–Crippen LogP) is 6.06. The van der Waals surface area contributed by atoms with E-state index in [1.54, 1.807) is 7.11 Å². The summed E-state index contributed by atoms with van der Waals surface area (Å²) in [5.74, 6) is -5.35. The van der Waals surface area contributed by atoms with E-state index >= 15 is 0 Å². The Morgan fingerprint density at radius 3 is 1.64 bits per heavy atom. The number of anilines is 1. The van der Waals surface area contributed by atoms with Gasteiger partial charge in [-0.15, -0.1) is 0 Å². The molecule has 0 bridgehead atoms. The highest BCUT2D eigenvalue weighted by Crippen LogP contribution is 2.44. The lowest BCUT2D eigenvalue weighted by molar-refractivity contribution is -0.384. The molecule has 3 amide bonds. The molecule has 0 saturated carbocycles. The van der Waals surface area contributed by atoms with Gasteiger partial charge in [0.2, 0.25) is 24.2 Å². The molecule has 536 valence electrons. The van der Waals surface area contributed by atoms with E-state index in [0.29, 0.717) is 79.1 Å². The number of non-ortho nitro benzene ring substituents is 1. The number of hydrogen-bond donors (Lipinski definition) is 3. The fourth-order valence-corrected chi connectivity index (χ4v) is 9.98. The Kier molecular flexibility index (Phi) is 34.6. The Hall–Kier alpha value is -8.92. The zero-order chi connectivity index (χ0) is 70.4. The number of nitro groups is 1. The summed E-state index contributed by atoms with van der Waals surface area (Å²) >= 11 is 0. The Balaban J connectivity index is 1.10. The van der Waals surface area contributed by atoms with Crippen molar-refractivity contribution in [3.63, 3.8) is 0 Å². The average Bonchev–Trinajstić information content (AvgIpc) is 1.57. The van der Waals surface area contributed by atoms with Gasteiger partial charge in [0.05, 0.1) is 110 Å². The van der Waals surface area contributed by atoms with Crippen LogP contribution in [-0.2, 0) is 106 Å². The molecule has 6 atom stereocenters. The fourth-order valence-electron chi connectivity index (χ4n) is 9.98. The maximum Gasteiger partial charge on any atom is 0.514 e.